The van der Waals surface area contributed by atoms with Gasteiger partial charge in [-0.15, -0.1) is 0 Å². The van der Waals surface area contributed by atoms with E-state index in [2.05, 4.69) is 12.1 Å². The molecule has 0 bridgehead atoms. The highest BCUT2D eigenvalue weighted by molar-refractivity contribution is 5.75. The Kier molecular flexibility index (Phi) is 7.81. The van der Waals surface area contributed by atoms with E-state index < -0.39 is 0 Å². The number of fused-ring (bicyclic) bond motifs is 3. The molecule has 2 aromatic rings. The maximum Gasteiger partial charge on any atom is 0.127 e. The lowest BCUT2D eigenvalue weighted by atomic mass is 10.0. The van der Waals surface area contributed by atoms with Crippen molar-refractivity contribution in [1.29, 1.82) is 0 Å². The van der Waals surface area contributed by atoms with Crippen molar-refractivity contribution in [2.45, 2.75) is 25.7 Å². The summed E-state index contributed by atoms with van der Waals surface area (Å²) in [5.41, 5.74) is 2.11. The van der Waals surface area contributed by atoms with Gasteiger partial charge >= 0.3 is 0 Å². The summed E-state index contributed by atoms with van der Waals surface area (Å²) in [6.07, 6.45) is 3.83. The monoisotopic (exact) mass is 356 g/mol. The quantitative estimate of drug-likeness (QED) is 0.684. The van der Waals surface area contributed by atoms with Crippen LogP contribution in [-0.4, -0.2) is 39.6 Å². The Hall–Kier alpha value is -2.04. The number of hydrogen-bond acceptors (Lipinski definition) is 4. The van der Waals surface area contributed by atoms with Crippen molar-refractivity contribution < 1.29 is 18.9 Å². The Bertz CT molecular complexity index is 599. The van der Waals surface area contributed by atoms with Gasteiger partial charge < -0.3 is 18.9 Å². The SMILES string of the molecule is c1ccc2c(c1)OCCCOCCCCOCCCOc1ccccc1-2. The minimum Gasteiger partial charge on any atom is -0.493 e. The third kappa shape index (κ3) is 5.75. The van der Waals surface area contributed by atoms with Crippen LogP contribution in [0.4, 0.5) is 0 Å². The molecule has 0 aromatic heterocycles. The molecule has 4 nitrogen and oxygen atoms in total. The Morgan fingerprint density at radius 1 is 0.462 bits per heavy atom. The van der Waals surface area contributed by atoms with E-state index in [1.807, 2.05) is 36.4 Å². The van der Waals surface area contributed by atoms with Crippen LogP contribution >= 0.6 is 0 Å². The van der Waals surface area contributed by atoms with Crippen molar-refractivity contribution in [3.8, 4) is 22.6 Å². The van der Waals surface area contributed by atoms with Gasteiger partial charge in [-0.1, -0.05) is 36.4 Å². The number of benzene rings is 2. The fourth-order valence-corrected chi connectivity index (χ4v) is 2.93. The minimum absolute atomic E-state index is 0.642. The summed E-state index contributed by atoms with van der Waals surface area (Å²) < 4.78 is 23.4. The molecule has 0 atom stereocenters. The molecule has 1 aliphatic heterocycles. The van der Waals surface area contributed by atoms with E-state index in [1.54, 1.807) is 0 Å². The normalized spacial score (nSPS) is 17.5. The van der Waals surface area contributed by atoms with Crippen molar-refractivity contribution in [2.75, 3.05) is 39.6 Å². The standard InChI is InChI=1S/C22H28O4/c1-3-11-21-19(9-1)20-10-2-4-12-22(20)26-18-8-16-24-14-6-5-13-23-15-7-17-25-21/h1-4,9-12H,5-8,13-18H2. The highest BCUT2D eigenvalue weighted by Crippen LogP contribution is 2.36. The third-order valence-electron chi connectivity index (χ3n) is 4.27. The average molecular weight is 356 g/mol. The van der Waals surface area contributed by atoms with Gasteiger partial charge in [0.2, 0.25) is 0 Å². The van der Waals surface area contributed by atoms with Crippen LogP contribution in [0, 0.1) is 0 Å². The van der Waals surface area contributed by atoms with E-state index in [0.717, 1.165) is 74.7 Å². The van der Waals surface area contributed by atoms with Crippen LogP contribution < -0.4 is 9.47 Å². The van der Waals surface area contributed by atoms with Gasteiger partial charge in [0.05, 0.1) is 13.2 Å². The zero-order valence-corrected chi connectivity index (χ0v) is 15.3. The summed E-state index contributed by atoms with van der Waals surface area (Å²) in [4.78, 5) is 0. The molecule has 4 heteroatoms. The second kappa shape index (κ2) is 10.8. The molecule has 26 heavy (non-hydrogen) atoms. The van der Waals surface area contributed by atoms with Crippen LogP contribution in [0.1, 0.15) is 25.7 Å². The molecular formula is C22H28O4. The van der Waals surface area contributed by atoms with Gasteiger partial charge in [0.15, 0.2) is 0 Å². The molecule has 0 N–H and O–H groups in total. The first-order valence-electron chi connectivity index (χ1n) is 9.54. The van der Waals surface area contributed by atoms with Gasteiger partial charge in [0.1, 0.15) is 11.5 Å². The van der Waals surface area contributed by atoms with Crippen LogP contribution in [0.5, 0.6) is 11.5 Å². The summed E-state index contributed by atoms with van der Waals surface area (Å²) in [6.45, 7) is 4.31. The van der Waals surface area contributed by atoms with Crippen LogP contribution in [-0.2, 0) is 9.47 Å². The fourth-order valence-electron chi connectivity index (χ4n) is 2.93. The Labute approximate surface area is 156 Å². The number of ether oxygens (including phenoxy) is 4. The highest BCUT2D eigenvalue weighted by Gasteiger charge is 2.11. The minimum atomic E-state index is 0.642. The number of hydrogen-bond donors (Lipinski definition) is 0. The molecule has 0 fully saturated rings. The second-order valence-electron chi connectivity index (χ2n) is 6.33. The first kappa shape index (κ1) is 18.7. The Morgan fingerprint density at radius 2 is 0.885 bits per heavy atom. The molecule has 0 amide bonds. The molecule has 0 saturated carbocycles. The summed E-state index contributed by atoms with van der Waals surface area (Å²) in [5.74, 6) is 1.76. The van der Waals surface area contributed by atoms with Gasteiger partial charge in [-0.05, 0) is 25.0 Å². The van der Waals surface area contributed by atoms with Crippen LogP contribution in [0.3, 0.4) is 0 Å². The van der Waals surface area contributed by atoms with Gasteiger partial charge in [0.25, 0.3) is 0 Å². The molecule has 1 aliphatic rings. The average Bonchev–Trinajstić information content (AvgIpc) is 2.68. The predicted molar refractivity (Wildman–Crippen MR) is 103 cm³/mol. The number of rotatable bonds is 0. The Balaban J connectivity index is 1.74. The topological polar surface area (TPSA) is 36.9 Å². The molecule has 0 spiro atoms. The molecular weight excluding hydrogens is 328 g/mol. The van der Waals surface area contributed by atoms with Crippen molar-refractivity contribution in [3.63, 3.8) is 0 Å². The van der Waals surface area contributed by atoms with Gasteiger partial charge in [-0.25, -0.2) is 0 Å². The van der Waals surface area contributed by atoms with Crippen LogP contribution in [0.25, 0.3) is 11.1 Å². The smallest absolute Gasteiger partial charge is 0.127 e. The van der Waals surface area contributed by atoms with Gasteiger partial charge in [-0.3, -0.25) is 0 Å². The summed E-state index contributed by atoms with van der Waals surface area (Å²) in [6, 6.07) is 16.2. The maximum atomic E-state index is 6.03. The molecule has 0 radical (unpaired) electrons. The summed E-state index contributed by atoms with van der Waals surface area (Å²) in [7, 11) is 0. The molecule has 0 unspecified atom stereocenters. The first-order chi connectivity index (χ1) is 12.9. The van der Waals surface area contributed by atoms with Crippen LogP contribution in [0.15, 0.2) is 48.5 Å². The van der Waals surface area contributed by atoms with Gasteiger partial charge in [0, 0.05) is 50.4 Å². The molecule has 0 aliphatic carbocycles. The zero-order chi connectivity index (χ0) is 17.9. The van der Waals surface area contributed by atoms with E-state index in [-0.39, 0.29) is 0 Å². The predicted octanol–water partition coefficient (Wildman–Crippen LogP) is 4.72. The van der Waals surface area contributed by atoms with E-state index in [4.69, 9.17) is 18.9 Å². The molecule has 1 heterocycles. The molecule has 2 aromatic carbocycles. The first-order valence-corrected chi connectivity index (χ1v) is 9.54. The van der Waals surface area contributed by atoms with Crippen molar-refractivity contribution in [1.82, 2.24) is 0 Å². The van der Waals surface area contributed by atoms with Crippen molar-refractivity contribution in [2.24, 2.45) is 0 Å². The lowest BCUT2D eigenvalue weighted by Gasteiger charge is -2.16. The maximum absolute atomic E-state index is 6.03. The molecule has 140 valence electrons. The van der Waals surface area contributed by atoms with E-state index >= 15 is 0 Å². The summed E-state index contributed by atoms with van der Waals surface area (Å²) >= 11 is 0. The zero-order valence-electron chi connectivity index (χ0n) is 15.3. The van der Waals surface area contributed by atoms with E-state index in [9.17, 15) is 0 Å². The van der Waals surface area contributed by atoms with E-state index in [0.29, 0.717) is 13.2 Å². The second-order valence-corrected chi connectivity index (χ2v) is 6.33. The van der Waals surface area contributed by atoms with Crippen LogP contribution in [0.2, 0.25) is 0 Å². The lowest BCUT2D eigenvalue weighted by molar-refractivity contribution is 0.0913. The third-order valence-corrected chi connectivity index (χ3v) is 4.27. The lowest BCUT2D eigenvalue weighted by Crippen LogP contribution is -2.07. The molecule has 3 rings (SSSR count). The fraction of sp³-hybridized carbons (Fsp3) is 0.455. The van der Waals surface area contributed by atoms with Gasteiger partial charge in [-0.2, -0.15) is 0 Å². The van der Waals surface area contributed by atoms with Crippen molar-refractivity contribution >= 4 is 0 Å². The Morgan fingerprint density at radius 3 is 1.38 bits per heavy atom. The largest absolute Gasteiger partial charge is 0.493 e. The summed E-state index contributed by atoms with van der Waals surface area (Å²) in [5, 5.41) is 0. The number of para-hydroxylation sites is 2. The highest BCUT2D eigenvalue weighted by atomic mass is 16.5. The van der Waals surface area contributed by atoms with Crippen molar-refractivity contribution in [3.05, 3.63) is 48.5 Å². The molecule has 0 saturated heterocycles. The van der Waals surface area contributed by atoms with E-state index in [1.165, 1.54) is 0 Å².